The first-order valence-corrected chi connectivity index (χ1v) is 12.3. The van der Waals surface area contributed by atoms with Crippen LogP contribution in [0.15, 0.2) is 95.9 Å². The van der Waals surface area contributed by atoms with Crippen LogP contribution in [-0.4, -0.2) is 29.1 Å². The van der Waals surface area contributed by atoms with E-state index in [-0.39, 0.29) is 40.3 Å². The SMILES string of the molecule is O=C(CSc1ccc(NC(=O)c2ccc(F)cc2)cc1)Nc1cccc2c1C(=O)c1ccccc1C2=O. The molecule has 0 saturated carbocycles. The summed E-state index contributed by atoms with van der Waals surface area (Å²) in [7, 11) is 0. The minimum Gasteiger partial charge on any atom is -0.325 e. The highest BCUT2D eigenvalue weighted by atomic mass is 32.2. The molecule has 0 aliphatic heterocycles. The fraction of sp³-hybridized carbons (Fsp3) is 0.0345. The monoisotopic (exact) mass is 510 g/mol. The average Bonchev–Trinajstić information content (AvgIpc) is 2.91. The third kappa shape index (κ3) is 5.05. The van der Waals surface area contributed by atoms with E-state index in [0.29, 0.717) is 28.1 Å². The fourth-order valence-electron chi connectivity index (χ4n) is 4.02. The van der Waals surface area contributed by atoms with Gasteiger partial charge in [0.05, 0.1) is 17.0 Å². The number of carbonyl (C=O) groups excluding carboxylic acids is 4. The van der Waals surface area contributed by atoms with Gasteiger partial charge in [-0.3, -0.25) is 19.2 Å². The maximum atomic E-state index is 13.1. The first-order valence-electron chi connectivity index (χ1n) is 11.3. The summed E-state index contributed by atoms with van der Waals surface area (Å²) in [5, 5.41) is 5.50. The molecule has 4 aromatic carbocycles. The molecule has 0 saturated heterocycles. The van der Waals surface area contributed by atoms with E-state index in [9.17, 15) is 23.6 Å². The molecule has 0 fully saturated rings. The summed E-state index contributed by atoms with van der Waals surface area (Å²) in [5.41, 5.74) is 2.35. The zero-order valence-corrected chi connectivity index (χ0v) is 20.1. The van der Waals surface area contributed by atoms with Crippen molar-refractivity contribution < 1.29 is 23.6 Å². The molecule has 0 heterocycles. The highest BCUT2D eigenvalue weighted by molar-refractivity contribution is 8.00. The molecular weight excluding hydrogens is 491 g/mol. The van der Waals surface area contributed by atoms with Gasteiger partial charge < -0.3 is 10.6 Å². The third-order valence-corrected chi connectivity index (χ3v) is 6.83. The number of ketones is 2. The van der Waals surface area contributed by atoms with Gasteiger partial charge in [0, 0.05) is 32.8 Å². The Hall–Kier alpha value is -4.56. The molecule has 1 aliphatic carbocycles. The second-order valence-corrected chi connectivity index (χ2v) is 9.30. The molecule has 8 heteroatoms. The molecule has 2 amide bonds. The minimum atomic E-state index is -0.417. The average molecular weight is 511 g/mol. The number of anilines is 2. The van der Waals surface area contributed by atoms with Crippen LogP contribution >= 0.6 is 11.8 Å². The number of rotatable bonds is 6. The van der Waals surface area contributed by atoms with Gasteiger partial charge >= 0.3 is 0 Å². The maximum absolute atomic E-state index is 13.1. The Bertz CT molecular complexity index is 1550. The summed E-state index contributed by atoms with van der Waals surface area (Å²) in [4.78, 5) is 51.7. The van der Waals surface area contributed by atoms with E-state index in [1.54, 1.807) is 66.7 Å². The van der Waals surface area contributed by atoms with Crippen LogP contribution in [-0.2, 0) is 4.79 Å². The van der Waals surface area contributed by atoms with E-state index < -0.39 is 5.82 Å². The molecule has 37 heavy (non-hydrogen) atoms. The molecule has 5 rings (SSSR count). The largest absolute Gasteiger partial charge is 0.325 e. The first-order chi connectivity index (χ1) is 17.9. The Morgan fingerprint density at radius 2 is 1.35 bits per heavy atom. The van der Waals surface area contributed by atoms with Crippen LogP contribution in [0.5, 0.6) is 0 Å². The molecular formula is C29H19FN2O4S. The Morgan fingerprint density at radius 1 is 0.703 bits per heavy atom. The van der Waals surface area contributed by atoms with Crippen molar-refractivity contribution in [3.8, 4) is 0 Å². The Labute approximate surface area is 215 Å². The Kier molecular flexibility index (Phi) is 6.66. The molecule has 1 aliphatic rings. The van der Waals surface area contributed by atoms with E-state index in [1.165, 1.54) is 36.0 Å². The van der Waals surface area contributed by atoms with Crippen LogP contribution in [0.25, 0.3) is 0 Å². The van der Waals surface area contributed by atoms with Crippen LogP contribution < -0.4 is 10.6 Å². The van der Waals surface area contributed by atoms with Crippen LogP contribution in [0.4, 0.5) is 15.8 Å². The molecule has 6 nitrogen and oxygen atoms in total. The van der Waals surface area contributed by atoms with E-state index >= 15 is 0 Å². The molecule has 2 N–H and O–H groups in total. The highest BCUT2D eigenvalue weighted by Gasteiger charge is 2.31. The van der Waals surface area contributed by atoms with Gasteiger partial charge in [-0.2, -0.15) is 0 Å². The lowest BCUT2D eigenvalue weighted by Gasteiger charge is -2.20. The van der Waals surface area contributed by atoms with Crippen molar-refractivity contribution in [2.75, 3.05) is 16.4 Å². The highest BCUT2D eigenvalue weighted by Crippen LogP contribution is 2.32. The molecule has 0 aromatic heterocycles. The number of carbonyl (C=O) groups is 4. The van der Waals surface area contributed by atoms with Gasteiger partial charge in [-0.25, -0.2) is 4.39 Å². The molecule has 0 radical (unpaired) electrons. The van der Waals surface area contributed by atoms with Gasteiger partial charge in [-0.1, -0.05) is 36.4 Å². The predicted octanol–water partition coefficient (Wildman–Crippen LogP) is 5.58. The van der Waals surface area contributed by atoms with E-state index in [1.807, 2.05) is 0 Å². The summed E-state index contributed by atoms with van der Waals surface area (Å²) in [6, 6.07) is 23.7. The summed E-state index contributed by atoms with van der Waals surface area (Å²) in [6.45, 7) is 0. The number of fused-ring (bicyclic) bond motifs is 2. The quantitative estimate of drug-likeness (QED) is 0.291. The number of nitrogens with one attached hydrogen (secondary N) is 2. The van der Waals surface area contributed by atoms with Crippen molar-refractivity contribution in [3.05, 3.63) is 125 Å². The fourth-order valence-corrected chi connectivity index (χ4v) is 4.72. The van der Waals surface area contributed by atoms with Crippen LogP contribution in [0, 0.1) is 5.82 Å². The van der Waals surface area contributed by atoms with E-state index in [2.05, 4.69) is 10.6 Å². The number of amides is 2. The zero-order valence-electron chi connectivity index (χ0n) is 19.3. The minimum absolute atomic E-state index is 0.0731. The lowest BCUT2D eigenvalue weighted by Crippen LogP contribution is -2.24. The zero-order chi connectivity index (χ0) is 25.9. The van der Waals surface area contributed by atoms with Crippen molar-refractivity contribution >= 4 is 46.5 Å². The number of thioether (sulfide) groups is 1. The number of halogens is 1. The lowest BCUT2D eigenvalue weighted by molar-refractivity contribution is -0.113. The van der Waals surface area contributed by atoms with E-state index in [4.69, 9.17) is 0 Å². The molecule has 0 bridgehead atoms. The lowest BCUT2D eigenvalue weighted by atomic mass is 9.83. The topological polar surface area (TPSA) is 92.3 Å². The van der Waals surface area contributed by atoms with Crippen molar-refractivity contribution in [1.82, 2.24) is 0 Å². The van der Waals surface area contributed by atoms with Crippen LogP contribution in [0.3, 0.4) is 0 Å². The molecule has 0 spiro atoms. The normalized spacial score (nSPS) is 11.9. The molecule has 182 valence electrons. The maximum Gasteiger partial charge on any atom is 0.255 e. The predicted molar refractivity (Wildman–Crippen MR) is 140 cm³/mol. The van der Waals surface area contributed by atoms with Gasteiger partial charge in [0.25, 0.3) is 5.91 Å². The van der Waals surface area contributed by atoms with Crippen molar-refractivity contribution in [2.24, 2.45) is 0 Å². The summed E-state index contributed by atoms with van der Waals surface area (Å²) in [6.07, 6.45) is 0. The van der Waals surface area contributed by atoms with E-state index in [0.717, 1.165) is 4.90 Å². The van der Waals surface area contributed by atoms with Crippen LogP contribution in [0.1, 0.15) is 42.2 Å². The number of hydrogen-bond donors (Lipinski definition) is 2. The Morgan fingerprint density at radius 3 is 2.05 bits per heavy atom. The standard InChI is InChI=1S/C29H19FN2O4S/c30-18-10-8-17(9-11-18)29(36)31-19-12-14-20(15-13-19)37-16-25(33)32-24-7-3-6-23-26(24)28(35)22-5-2-1-4-21(22)27(23)34/h1-15H,16H2,(H,31,36)(H,32,33). The number of benzene rings is 4. The molecule has 4 aromatic rings. The second-order valence-electron chi connectivity index (χ2n) is 8.25. The summed E-state index contributed by atoms with van der Waals surface area (Å²) >= 11 is 1.28. The van der Waals surface area contributed by atoms with Gasteiger partial charge in [-0.15, -0.1) is 11.8 Å². The second kappa shape index (κ2) is 10.2. The van der Waals surface area contributed by atoms with Gasteiger partial charge in [0.2, 0.25) is 5.91 Å². The van der Waals surface area contributed by atoms with Crippen LogP contribution in [0.2, 0.25) is 0 Å². The van der Waals surface area contributed by atoms with Gasteiger partial charge in [0.1, 0.15) is 5.82 Å². The van der Waals surface area contributed by atoms with Crippen molar-refractivity contribution in [1.29, 1.82) is 0 Å². The molecule has 0 unspecified atom stereocenters. The third-order valence-electron chi connectivity index (χ3n) is 5.82. The summed E-state index contributed by atoms with van der Waals surface area (Å²) in [5.74, 6) is -1.58. The smallest absolute Gasteiger partial charge is 0.255 e. The van der Waals surface area contributed by atoms with Crippen molar-refractivity contribution in [3.63, 3.8) is 0 Å². The molecule has 0 atom stereocenters. The van der Waals surface area contributed by atoms with Gasteiger partial charge in [-0.05, 0) is 54.6 Å². The number of hydrogen-bond acceptors (Lipinski definition) is 5. The summed E-state index contributed by atoms with van der Waals surface area (Å²) < 4.78 is 13.0. The van der Waals surface area contributed by atoms with Gasteiger partial charge in [0.15, 0.2) is 11.6 Å². The van der Waals surface area contributed by atoms with Crippen molar-refractivity contribution in [2.45, 2.75) is 4.90 Å². The first kappa shape index (κ1) is 24.1. The Balaban J connectivity index is 1.22.